The van der Waals surface area contributed by atoms with Crippen molar-refractivity contribution in [3.63, 3.8) is 0 Å². The Kier molecular flexibility index (Phi) is 6.99. The molecule has 0 spiro atoms. The van der Waals surface area contributed by atoms with E-state index in [9.17, 15) is 14.0 Å². The fourth-order valence-corrected chi connectivity index (χ4v) is 2.26. The van der Waals surface area contributed by atoms with Crippen molar-refractivity contribution in [2.45, 2.75) is 65.2 Å². The second-order valence-corrected chi connectivity index (χ2v) is 8.59. The number of amides is 1. The fourth-order valence-electron chi connectivity index (χ4n) is 1.92. The molecule has 1 atom stereocenters. The molecule has 7 heteroatoms. The van der Waals surface area contributed by atoms with Gasteiger partial charge in [0.15, 0.2) is 0 Å². The fraction of sp³-hybridized carbons (Fsp3) is 0.556. The summed E-state index contributed by atoms with van der Waals surface area (Å²) in [6, 6.07) is 3.45. The van der Waals surface area contributed by atoms with Crippen molar-refractivity contribution in [3.05, 3.63) is 34.1 Å². The Morgan fingerprint density at radius 3 is 2.16 bits per heavy atom. The Balaban J connectivity index is 2.98. The third-order valence-corrected chi connectivity index (χ3v) is 3.31. The van der Waals surface area contributed by atoms with Gasteiger partial charge in [-0.15, -0.1) is 0 Å². The molecular weight excluding hydrogens is 393 g/mol. The summed E-state index contributed by atoms with van der Waals surface area (Å²) in [4.78, 5) is 24.4. The van der Waals surface area contributed by atoms with Crippen LogP contribution in [0.1, 0.15) is 47.1 Å². The van der Waals surface area contributed by atoms with Gasteiger partial charge in [0.25, 0.3) is 0 Å². The number of alkyl carbamates (subject to hydrolysis) is 1. The van der Waals surface area contributed by atoms with E-state index in [0.717, 1.165) is 0 Å². The molecule has 0 aliphatic carbocycles. The van der Waals surface area contributed by atoms with E-state index in [1.54, 1.807) is 53.7 Å². The number of hydrogen-bond acceptors (Lipinski definition) is 4. The summed E-state index contributed by atoms with van der Waals surface area (Å²) in [5, 5.41) is 2.47. The second-order valence-electron chi connectivity index (χ2n) is 7.67. The molecule has 1 aromatic carbocycles. The van der Waals surface area contributed by atoms with Gasteiger partial charge in [-0.2, -0.15) is 0 Å². The van der Waals surface area contributed by atoms with Crippen molar-refractivity contribution in [2.75, 3.05) is 0 Å². The van der Waals surface area contributed by atoms with E-state index in [0.29, 0.717) is 4.47 Å². The summed E-state index contributed by atoms with van der Waals surface area (Å²) in [6.45, 7) is 10.3. The predicted octanol–water partition coefficient (Wildman–Crippen LogP) is 4.37. The highest BCUT2D eigenvalue weighted by atomic mass is 79.9. The molecule has 1 N–H and O–H groups in total. The Bertz CT molecular complexity index is 635. The van der Waals surface area contributed by atoms with Crippen molar-refractivity contribution in [1.82, 2.24) is 5.32 Å². The summed E-state index contributed by atoms with van der Waals surface area (Å²) >= 11 is 3.18. The van der Waals surface area contributed by atoms with Crippen molar-refractivity contribution >= 4 is 28.0 Å². The summed E-state index contributed by atoms with van der Waals surface area (Å²) in [5.74, 6) is -1.13. The molecule has 0 fully saturated rings. The number of carbonyl (C=O) groups excluding carboxylic acids is 2. The number of hydrogen-bond donors (Lipinski definition) is 1. The molecule has 0 unspecified atom stereocenters. The standard InChI is InChI=1S/C18H25BrFNO4/c1-17(2,3)24-15(22)14(21-16(23)25-18(4,5)6)9-11-7-8-12(19)10-13(11)20/h7-8,10,14H,9H2,1-6H3,(H,21,23)/t14-/m0/s1. The second kappa shape index (κ2) is 8.17. The summed E-state index contributed by atoms with van der Waals surface area (Å²) in [5.41, 5.74) is -1.16. The lowest BCUT2D eigenvalue weighted by atomic mass is 10.0. The van der Waals surface area contributed by atoms with Gasteiger partial charge < -0.3 is 14.8 Å². The van der Waals surface area contributed by atoms with Gasteiger partial charge in [-0.25, -0.2) is 14.0 Å². The van der Waals surface area contributed by atoms with E-state index >= 15 is 0 Å². The number of rotatable bonds is 4. The van der Waals surface area contributed by atoms with Crippen molar-refractivity contribution in [3.8, 4) is 0 Å². The predicted molar refractivity (Wildman–Crippen MR) is 96.8 cm³/mol. The number of ether oxygens (including phenoxy) is 2. The van der Waals surface area contributed by atoms with E-state index in [4.69, 9.17) is 9.47 Å². The number of benzene rings is 1. The first-order valence-electron chi connectivity index (χ1n) is 7.93. The maximum atomic E-state index is 14.1. The average Bonchev–Trinajstić information content (AvgIpc) is 2.36. The van der Waals surface area contributed by atoms with Gasteiger partial charge in [-0.05, 0) is 59.2 Å². The van der Waals surface area contributed by atoms with Crippen molar-refractivity contribution < 1.29 is 23.5 Å². The largest absolute Gasteiger partial charge is 0.458 e. The lowest BCUT2D eigenvalue weighted by molar-refractivity contribution is -0.157. The third kappa shape index (κ3) is 8.34. The summed E-state index contributed by atoms with van der Waals surface area (Å²) in [6.07, 6.45) is -0.811. The van der Waals surface area contributed by atoms with E-state index in [1.807, 2.05) is 0 Å². The lowest BCUT2D eigenvalue weighted by Crippen LogP contribution is -2.47. The minimum absolute atomic E-state index is 0.0483. The van der Waals surface area contributed by atoms with Crippen LogP contribution in [0.2, 0.25) is 0 Å². The van der Waals surface area contributed by atoms with Crippen LogP contribution in [0.5, 0.6) is 0 Å². The molecule has 0 aromatic heterocycles. The van der Waals surface area contributed by atoms with E-state index in [-0.39, 0.29) is 12.0 Å². The number of carbonyl (C=O) groups is 2. The molecule has 0 heterocycles. The molecule has 0 aliphatic heterocycles. The highest BCUT2D eigenvalue weighted by Gasteiger charge is 2.29. The van der Waals surface area contributed by atoms with Gasteiger partial charge in [-0.3, -0.25) is 0 Å². The maximum Gasteiger partial charge on any atom is 0.408 e. The minimum atomic E-state index is -1.07. The lowest BCUT2D eigenvalue weighted by Gasteiger charge is -2.26. The van der Waals surface area contributed by atoms with Crippen molar-refractivity contribution in [1.29, 1.82) is 0 Å². The van der Waals surface area contributed by atoms with Crippen LogP contribution in [0, 0.1) is 5.82 Å². The smallest absolute Gasteiger partial charge is 0.408 e. The van der Waals surface area contributed by atoms with Crippen molar-refractivity contribution in [2.24, 2.45) is 0 Å². The molecule has 0 saturated heterocycles. The molecule has 0 bridgehead atoms. The van der Waals surface area contributed by atoms with Gasteiger partial charge in [0.1, 0.15) is 23.1 Å². The normalized spacial score (nSPS) is 13.1. The molecule has 1 aromatic rings. The van der Waals surface area contributed by atoms with Crippen LogP contribution >= 0.6 is 15.9 Å². The van der Waals surface area contributed by atoms with Crippen LogP contribution in [-0.2, 0) is 20.7 Å². The Hall–Kier alpha value is -1.63. The van der Waals surface area contributed by atoms with Crippen LogP contribution < -0.4 is 5.32 Å². The number of esters is 1. The quantitative estimate of drug-likeness (QED) is 0.738. The maximum absolute atomic E-state index is 14.1. The highest BCUT2D eigenvalue weighted by molar-refractivity contribution is 9.10. The summed E-state index contributed by atoms with van der Waals surface area (Å²) < 4.78 is 25.2. The van der Waals surface area contributed by atoms with Gasteiger partial charge in [-0.1, -0.05) is 22.0 Å². The Labute approximate surface area is 156 Å². The van der Waals surface area contributed by atoms with E-state index < -0.39 is 35.1 Å². The topological polar surface area (TPSA) is 64.6 Å². The molecule has 0 radical (unpaired) electrons. The van der Waals surface area contributed by atoms with Crippen LogP contribution in [0.4, 0.5) is 9.18 Å². The zero-order chi connectivity index (χ0) is 19.4. The molecule has 0 aliphatic rings. The van der Waals surface area contributed by atoms with Gasteiger partial charge >= 0.3 is 12.1 Å². The SMILES string of the molecule is CC(C)(C)OC(=O)N[C@@H](Cc1ccc(Br)cc1F)C(=O)OC(C)(C)C. The zero-order valence-corrected chi connectivity index (χ0v) is 17.0. The monoisotopic (exact) mass is 417 g/mol. The number of halogens is 2. The average molecular weight is 418 g/mol. The Morgan fingerprint density at radius 2 is 1.68 bits per heavy atom. The van der Waals surface area contributed by atoms with Crippen LogP contribution in [0.25, 0.3) is 0 Å². The van der Waals surface area contributed by atoms with Crippen LogP contribution in [0.15, 0.2) is 22.7 Å². The van der Waals surface area contributed by atoms with Gasteiger partial charge in [0.05, 0.1) is 0 Å². The molecular formula is C18H25BrFNO4. The molecule has 1 rings (SSSR count). The highest BCUT2D eigenvalue weighted by Crippen LogP contribution is 2.18. The minimum Gasteiger partial charge on any atom is -0.458 e. The number of nitrogens with one attached hydrogen (secondary N) is 1. The molecule has 5 nitrogen and oxygen atoms in total. The van der Waals surface area contributed by atoms with E-state index in [2.05, 4.69) is 21.2 Å². The third-order valence-electron chi connectivity index (χ3n) is 2.82. The van der Waals surface area contributed by atoms with Crippen LogP contribution in [0.3, 0.4) is 0 Å². The molecule has 140 valence electrons. The molecule has 0 saturated carbocycles. The Morgan fingerprint density at radius 1 is 1.12 bits per heavy atom. The van der Waals surface area contributed by atoms with Gasteiger partial charge in [0, 0.05) is 10.9 Å². The summed E-state index contributed by atoms with van der Waals surface area (Å²) in [7, 11) is 0. The molecule has 1 amide bonds. The molecule has 25 heavy (non-hydrogen) atoms. The van der Waals surface area contributed by atoms with Crippen LogP contribution in [-0.4, -0.2) is 29.3 Å². The van der Waals surface area contributed by atoms with Gasteiger partial charge in [0.2, 0.25) is 0 Å². The first kappa shape index (κ1) is 21.4. The van der Waals surface area contributed by atoms with E-state index in [1.165, 1.54) is 6.07 Å². The first-order valence-corrected chi connectivity index (χ1v) is 8.72. The first-order chi connectivity index (χ1) is 11.3. The zero-order valence-electron chi connectivity index (χ0n) is 15.4.